The van der Waals surface area contributed by atoms with E-state index in [1.807, 2.05) is 6.07 Å². The van der Waals surface area contributed by atoms with Crippen LogP contribution in [0.5, 0.6) is 0 Å². The predicted octanol–water partition coefficient (Wildman–Crippen LogP) is 0.176. The lowest BCUT2D eigenvalue weighted by atomic mass is 10.2. The van der Waals surface area contributed by atoms with Gasteiger partial charge in [-0.15, -0.1) is 17.5 Å². The molecule has 120 valence electrons. The number of halogens is 1. The molecule has 2 N–H and O–H groups in total. The normalized spacial score (nSPS) is 17.4. The SMILES string of the molecule is Cl.O=C(CCn1nc2ccccn2c1=O)NCC1CCCN1. The van der Waals surface area contributed by atoms with Gasteiger partial charge >= 0.3 is 5.69 Å². The number of hydrogen-bond acceptors (Lipinski definition) is 4. The molecule has 0 aliphatic carbocycles. The predicted molar refractivity (Wildman–Crippen MR) is 85.4 cm³/mol. The van der Waals surface area contributed by atoms with Crippen LogP contribution in [0.3, 0.4) is 0 Å². The Kier molecular flexibility index (Phi) is 5.57. The van der Waals surface area contributed by atoms with Gasteiger partial charge in [0.2, 0.25) is 5.91 Å². The molecular weight excluding hydrogens is 306 g/mol. The van der Waals surface area contributed by atoms with Crippen LogP contribution in [0.4, 0.5) is 0 Å². The summed E-state index contributed by atoms with van der Waals surface area (Å²) < 4.78 is 2.81. The van der Waals surface area contributed by atoms with Crippen LogP contribution in [-0.2, 0) is 11.3 Å². The van der Waals surface area contributed by atoms with Gasteiger partial charge in [-0.1, -0.05) is 6.07 Å². The highest BCUT2D eigenvalue weighted by Crippen LogP contribution is 2.03. The third-order valence-electron chi connectivity index (χ3n) is 3.75. The first-order chi connectivity index (χ1) is 10.2. The van der Waals surface area contributed by atoms with Gasteiger partial charge in [-0.3, -0.25) is 9.20 Å². The highest BCUT2D eigenvalue weighted by Gasteiger charge is 2.15. The molecule has 3 rings (SSSR count). The van der Waals surface area contributed by atoms with E-state index >= 15 is 0 Å². The Labute approximate surface area is 134 Å². The molecule has 0 spiro atoms. The Hall–Kier alpha value is -1.86. The summed E-state index contributed by atoms with van der Waals surface area (Å²) >= 11 is 0. The van der Waals surface area contributed by atoms with Crippen molar-refractivity contribution in [1.82, 2.24) is 24.8 Å². The van der Waals surface area contributed by atoms with Gasteiger partial charge in [0.15, 0.2) is 5.65 Å². The number of pyridine rings is 1. The molecule has 2 aromatic rings. The van der Waals surface area contributed by atoms with Crippen LogP contribution in [0.2, 0.25) is 0 Å². The summed E-state index contributed by atoms with van der Waals surface area (Å²) in [5, 5.41) is 10.4. The van der Waals surface area contributed by atoms with Crippen LogP contribution < -0.4 is 16.3 Å². The van der Waals surface area contributed by atoms with E-state index in [-0.39, 0.29) is 30.4 Å². The molecule has 0 aromatic carbocycles. The second-order valence-electron chi connectivity index (χ2n) is 5.28. The highest BCUT2D eigenvalue weighted by molar-refractivity contribution is 5.85. The second kappa shape index (κ2) is 7.42. The van der Waals surface area contributed by atoms with Gasteiger partial charge in [-0.05, 0) is 31.5 Å². The largest absolute Gasteiger partial charge is 0.354 e. The molecular formula is C14H20ClN5O2. The zero-order valence-corrected chi connectivity index (χ0v) is 13.0. The summed E-state index contributed by atoms with van der Waals surface area (Å²) in [7, 11) is 0. The molecule has 0 bridgehead atoms. The average molecular weight is 326 g/mol. The summed E-state index contributed by atoms with van der Waals surface area (Å²) in [4.78, 5) is 23.8. The van der Waals surface area contributed by atoms with Gasteiger partial charge < -0.3 is 10.6 Å². The lowest BCUT2D eigenvalue weighted by molar-refractivity contribution is -0.121. The molecule has 1 saturated heterocycles. The monoisotopic (exact) mass is 325 g/mol. The van der Waals surface area contributed by atoms with E-state index in [0.29, 0.717) is 24.8 Å². The first kappa shape index (κ1) is 16.5. The van der Waals surface area contributed by atoms with Crippen molar-refractivity contribution >= 4 is 24.0 Å². The molecule has 1 amide bonds. The number of rotatable bonds is 5. The molecule has 1 atom stereocenters. The smallest absolute Gasteiger partial charge is 0.350 e. The van der Waals surface area contributed by atoms with Crippen molar-refractivity contribution in [2.45, 2.75) is 31.8 Å². The van der Waals surface area contributed by atoms with Crippen LogP contribution in [0, 0.1) is 0 Å². The maximum atomic E-state index is 12.0. The summed E-state index contributed by atoms with van der Waals surface area (Å²) in [6.07, 6.45) is 4.20. The molecule has 1 aliphatic heterocycles. The van der Waals surface area contributed by atoms with Crippen molar-refractivity contribution in [1.29, 1.82) is 0 Å². The number of aromatic nitrogens is 3. The Morgan fingerprint density at radius 1 is 1.45 bits per heavy atom. The molecule has 8 heteroatoms. The molecule has 22 heavy (non-hydrogen) atoms. The fraction of sp³-hybridized carbons (Fsp3) is 0.500. The zero-order chi connectivity index (χ0) is 14.7. The van der Waals surface area contributed by atoms with Crippen LogP contribution >= 0.6 is 12.4 Å². The summed E-state index contributed by atoms with van der Waals surface area (Å²) in [5.41, 5.74) is 0.383. The maximum absolute atomic E-state index is 12.0. The van der Waals surface area contributed by atoms with E-state index in [9.17, 15) is 9.59 Å². The van der Waals surface area contributed by atoms with Crippen LogP contribution in [0.25, 0.3) is 5.65 Å². The van der Waals surface area contributed by atoms with Gasteiger partial charge in [0.05, 0.1) is 6.54 Å². The molecule has 1 unspecified atom stereocenters. The third-order valence-corrected chi connectivity index (χ3v) is 3.75. The number of fused-ring (bicyclic) bond motifs is 1. The molecule has 0 saturated carbocycles. The average Bonchev–Trinajstić information content (AvgIpc) is 3.12. The van der Waals surface area contributed by atoms with Crippen LogP contribution in [0.15, 0.2) is 29.2 Å². The van der Waals surface area contributed by atoms with Gasteiger partial charge in [0, 0.05) is 25.2 Å². The summed E-state index contributed by atoms with van der Waals surface area (Å²) in [6.45, 7) is 1.97. The van der Waals surface area contributed by atoms with Gasteiger partial charge in [-0.25, -0.2) is 9.48 Å². The molecule has 3 heterocycles. The molecule has 1 aliphatic rings. The van der Waals surface area contributed by atoms with E-state index < -0.39 is 0 Å². The third kappa shape index (κ3) is 3.66. The standard InChI is InChI=1S/C14H19N5O2.ClH/c20-13(16-10-11-4-3-7-15-11)6-9-19-14(21)18-8-2-1-5-12(18)17-19;/h1-2,5,8,11,15H,3-4,6-7,9-10H2,(H,16,20);1H. The Balaban J connectivity index is 0.00000176. The number of carbonyl (C=O) groups excluding carboxylic acids is 1. The van der Waals surface area contributed by atoms with Crippen LogP contribution in [0.1, 0.15) is 19.3 Å². The molecule has 1 fully saturated rings. The number of nitrogens with one attached hydrogen (secondary N) is 2. The summed E-state index contributed by atoms with van der Waals surface area (Å²) in [6, 6.07) is 5.76. The zero-order valence-electron chi connectivity index (χ0n) is 12.2. The number of amides is 1. The topological polar surface area (TPSA) is 80.4 Å². The fourth-order valence-corrected chi connectivity index (χ4v) is 2.58. The Morgan fingerprint density at radius 2 is 2.32 bits per heavy atom. The van der Waals surface area contributed by atoms with Crippen molar-refractivity contribution < 1.29 is 4.79 Å². The van der Waals surface area contributed by atoms with Crippen molar-refractivity contribution in [3.05, 3.63) is 34.9 Å². The van der Waals surface area contributed by atoms with E-state index in [1.165, 1.54) is 9.08 Å². The number of carbonyl (C=O) groups is 1. The lowest BCUT2D eigenvalue weighted by Gasteiger charge is -2.11. The Bertz CT molecular complexity index is 690. The van der Waals surface area contributed by atoms with E-state index in [1.54, 1.807) is 18.3 Å². The van der Waals surface area contributed by atoms with Gasteiger partial charge in [0.25, 0.3) is 0 Å². The lowest BCUT2D eigenvalue weighted by Crippen LogP contribution is -2.37. The molecule has 2 aromatic heterocycles. The van der Waals surface area contributed by atoms with Crippen molar-refractivity contribution in [2.24, 2.45) is 0 Å². The molecule has 7 nitrogen and oxygen atoms in total. The second-order valence-corrected chi connectivity index (χ2v) is 5.28. The minimum atomic E-state index is -0.212. The van der Waals surface area contributed by atoms with Crippen molar-refractivity contribution in [2.75, 3.05) is 13.1 Å². The first-order valence-electron chi connectivity index (χ1n) is 7.28. The summed E-state index contributed by atoms with van der Waals surface area (Å²) in [5.74, 6) is -0.0485. The minimum absolute atomic E-state index is 0. The van der Waals surface area contributed by atoms with E-state index in [0.717, 1.165) is 19.4 Å². The number of nitrogens with zero attached hydrogens (tertiary/aromatic N) is 3. The first-order valence-corrected chi connectivity index (χ1v) is 7.28. The minimum Gasteiger partial charge on any atom is -0.354 e. The van der Waals surface area contributed by atoms with Gasteiger partial charge in [-0.2, -0.15) is 0 Å². The van der Waals surface area contributed by atoms with Crippen molar-refractivity contribution in [3.63, 3.8) is 0 Å². The number of hydrogen-bond donors (Lipinski definition) is 2. The Morgan fingerprint density at radius 3 is 3.05 bits per heavy atom. The van der Waals surface area contributed by atoms with E-state index in [2.05, 4.69) is 15.7 Å². The maximum Gasteiger partial charge on any atom is 0.350 e. The number of aryl methyl sites for hydroxylation is 1. The fourth-order valence-electron chi connectivity index (χ4n) is 2.58. The van der Waals surface area contributed by atoms with Crippen LogP contribution in [-0.4, -0.2) is 39.2 Å². The quantitative estimate of drug-likeness (QED) is 0.821. The van der Waals surface area contributed by atoms with Crippen molar-refractivity contribution in [3.8, 4) is 0 Å². The van der Waals surface area contributed by atoms with E-state index in [4.69, 9.17) is 0 Å². The molecule has 0 radical (unpaired) electrons. The highest BCUT2D eigenvalue weighted by atomic mass is 35.5. The van der Waals surface area contributed by atoms with Gasteiger partial charge in [0.1, 0.15) is 0 Å².